The summed E-state index contributed by atoms with van der Waals surface area (Å²) in [6, 6.07) is 3.70. The highest BCUT2D eigenvalue weighted by Gasteiger charge is 2.20. The van der Waals surface area contributed by atoms with Gasteiger partial charge in [-0.25, -0.2) is 13.8 Å². The third-order valence-electron chi connectivity index (χ3n) is 4.18. The Kier molecular flexibility index (Phi) is 4.46. The number of hydrogen-bond donors (Lipinski definition) is 3. The summed E-state index contributed by atoms with van der Waals surface area (Å²) in [4.78, 5) is 19.6. The molecule has 0 bridgehead atoms. The topological polar surface area (TPSA) is 83.8 Å². The Morgan fingerprint density at radius 3 is 2.77 bits per heavy atom. The Hall–Kier alpha value is -3.22. The summed E-state index contributed by atoms with van der Waals surface area (Å²) in [6.07, 6.45) is 3.20. The van der Waals surface area contributed by atoms with E-state index < -0.39 is 23.1 Å². The van der Waals surface area contributed by atoms with Crippen LogP contribution in [0.3, 0.4) is 0 Å². The van der Waals surface area contributed by atoms with E-state index in [1.54, 1.807) is 12.3 Å². The molecule has 0 radical (unpaired) electrons. The number of nitrogens with two attached hydrogens (primary N) is 1. The maximum Gasteiger partial charge on any atom is 0.261 e. The first kappa shape index (κ1) is 17.6. The summed E-state index contributed by atoms with van der Waals surface area (Å²) in [5.74, 6) is -2.79. The Morgan fingerprint density at radius 2 is 2.08 bits per heavy atom. The molecule has 0 aliphatic carbocycles. The van der Waals surface area contributed by atoms with Gasteiger partial charge in [-0.15, -0.1) is 0 Å². The maximum atomic E-state index is 14.0. The molecular weight excluding hydrogens is 338 g/mol. The molecule has 3 aromatic rings. The number of pyridine rings is 1. The number of H-pyrrole nitrogens is 1. The number of aromatic nitrogens is 2. The van der Waals surface area contributed by atoms with Gasteiger partial charge in [-0.2, -0.15) is 0 Å². The van der Waals surface area contributed by atoms with E-state index in [9.17, 15) is 13.6 Å². The largest absolute Gasteiger partial charge is 0.396 e. The predicted octanol–water partition coefficient (Wildman–Crippen LogP) is 4.34. The van der Waals surface area contributed by atoms with E-state index >= 15 is 0 Å². The number of rotatable bonds is 4. The van der Waals surface area contributed by atoms with Gasteiger partial charge in [-0.05, 0) is 29.7 Å². The number of hydrogen-bond acceptors (Lipinski definition) is 3. The van der Waals surface area contributed by atoms with Gasteiger partial charge in [-0.1, -0.05) is 20.4 Å². The van der Waals surface area contributed by atoms with Gasteiger partial charge in [0.15, 0.2) is 5.82 Å². The lowest BCUT2D eigenvalue weighted by Crippen LogP contribution is -2.17. The van der Waals surface area contributed by atoms with Crippen molar-refractivity contribution < 1.29 is 13.6 Å². The third-order valence-corrected chi connectivity index (χ3v) is 4.18. The molecule has 0 saturated carbocycles. The molecular formula is C19H18F2N4O. The number of carbonyl (C=O) groups is 1. The monoisotopic (exact) mass is 356 g/mol. The van der Waals surface area contributed by atoms with Crippen LogP contribution in [0.5, 0.6) is 0 Å². The van der Waals surface area contributed by atoms with Gasteiger partial charge < -0.3 is 16.0 Å². The Morgan fingerprint density at radius 1 is 1.35 bits per heavy atom. The summed E-state index contributed by atoms with van der Waals surface area (Å²) in [5, 5.41) is 3.22. The maximum absolute atomic E-state index is 14.0. The molecule has 0 atom stereocenters. The smallest absolute Gasteiger partial charge is 0.261 e. The number of fused-ring (bicyclic) bond motifs is 1. The number of allylic oxidation sites excluding steroid dienone is 1. The molecule has 3 rings (SSSR count). The van der Waals surface area contributed by atoms with Crippen molar-refractivity contribution in [1.82, 2.24) is 9.97 Å². The van der Waals surface area contributed by atoms with Gasteiger partial charge in [0, 0.05) is 17.1 Å². The van der Waals surface area contributed by atoms with Crippen molar-refractivity contribution in [3.8, 4) is 0 Å². The summed E-state index contributed by atoms with van der Waals surface area (Å²) < 4.78 is 27.9. The molecule has 134 valence electrons. The van der Waals surface area contributed by atoms with Crippen LogP contribution in [0.25, 0.3) is 16.6 Å². The summed E-state index contributed by atoms with van der Waals surface area (Å²) >= 11 is 0. The number of nitrogen functional groups attached to an aromatic ring is 1. The molecule has 2 aromatic heterocycles. The van der Waals surface area contributed by atoms with Gasteiger partial charge in [0.05, 0.1) is 17.6 Å². The summed E-state index contributed by atoms with van der Waals surface area (Å²) in [6.45, 7) is 8.11. The van der Waals surface area contributed by atoms with Gasteiger partial charge in [0.2, 0.25) is 0 Å². The first-order valence-electron chi connectivity index (χ1n) is 8.00. The Labute approximate surface area is 148 Å². The molecule has 0 aliphatic heterocycles. The van der Waals surface area contributed by atoms with Crippen LogP contribution in [-0.4, -0.2) is 15.9 Å². The van der Waals surface area contributed by atoms with E-state index in [0.29, 0.717) is 11.3 Å². The number of aromatic amines is 1. The fourth-order valence-electron chi connectivity index (χ4n) is 2.62. The molecule has 5 nitrogen and oxygen atoms in total. The number of anilines is 2. The molecule has 26 heavy (non-hydrogen) atoms. The molecule has 0 fully saturated rings. The van der Waals surface area contributed by atoms with Crippen LogP contribution in [0.15, 0.2) is 37.2 Å². The highest BCUT2D eigenvalue weighted by Crippen LogP contribution is 2.29. The van der Waals surface area contributed by atoms with Gasteiger partial charge in [0.25, 0.3) is 5.91 Å². The van der Waals surface area contributed by atoms with Crippen molar-refractivity contribution in [1.29, 1.82) is 0 Å². The van der Waals surface area contributed by atoms with Crippen LogP contribution < -0.4 is 11.1 Å². The van der Waals surface area contributed by atoms with E-state index in [2.05, 4.69) is 21.9 Å². The highest BCUT2D eigenvalue weighted by molar-refractivity contribution is 6.06. The van der Waals surface area contributed by atoms with Crippen molar-refractivity contribution >= 4 is 33.9 Å². The van der Waals surface area contributed by atoms with Crippen LogP contribution in [-0.2, 0) is 0 Å². The average molecular weight is 356 g/mol. The number of amides is 1. The van der Waals surface area contributed by atoms with Crippen LogP contribution in [0, 0.1) is 17.6 Å². The molecule has 4 N–H and O–H groups in total. The lowest BCUT2D eigenvalue weighted by Gasteiger charge is -2.10. The zero-order valence-electron chi connectivity index (χ0n) is 14.4. The van der Waals surface area contributed by atoms with Crippen LogP contribution in [0.2, 0.25) is 0 Å². The van der Waals surface area contributed by atoms with E-state index in [1.807, 2.05) is 13.8 Å². The molecule has 0 unspecified atom stereocenters. The van der Waals surface area contributed by atoms with Crippen molar-refractivity contribution in [2.45, 2.75) is 13.8 Å². The number of nitrogens with zero attached hydrogens (tertiary/aromatic N) is 1. The average Bonchev–Trinajstić information content (AvgIpc) is 3.01. The van der Waals surface area contributed by atoms with E-state index in [1.165, 1.54) is 6.20 Å². The lowest BCUT2D eigenvalue weighted by molar-refractivity contribution is 0.101. The second-order valence-electron chi connectivity index (χ2n) is 6.28. The van der Waals surface area contributed by atoms with Crippen molar-refractivity contribution in [2.24, 2.45) is 5.92 Å². The number of benzene rings is 1. The van der Waals surface area contributed by atoms with Gasteiger partial charge in [-0.3, -0.25) is 4.79 Å². The molecule has 2 heterocycles. The van der Waals surface area contributed by atoms with Crippen LogP contribution in [0.4, 0.5) is 20.2 Å². The molecule has 0 spiro atoms. The van der Waals surface area contributed by atoms with Gasteiger partial charge in [0.1, 0.15) is 17.0 Å². The SMILES string of the molecule is C=C(c1c[nH]c2ncc(NC(=O)c3c(F)ccc(N)c3F)cc12)C(C)C. The summed E-state index contributed by atoms with van der Waals surface area (Å²) in [7, 11) is 0. The molecule has 1 aromatic carbocycles. The van der Waals surface area contributed by atoms with E-state index in [0.717, 1.165) is 28.7 Å². The van der Waals surface area contributed by atoms with Gasteiger partial charge >= 0.3 is 0 Å². The van der Waals surface area contributed by atoms with E-state index in [4.69, 9.17) is 5.73 Å². The number of nitrogens with one attached hydrogen (secondary N) is 2. The quantitative estimate of drug-likeness (QED) is 0.608. The second-order valence-corrected chi connectivity index (χ2v) is 6.28. The van der Waals surface area contributed by atoms with Crippen LogP contribution in [0.1, 0.15) is 29.8 Å². The van der Waals surface area contributed by atoms with Crippen molar-refractivity contribution in [3.63, 3.8) is 0 Å². The molecule has 7 heteroatoms. The highest BCUT2D eigenvalue weighted by atomic mass is 19.1. The zero-order chi connectivity index (χ0) is 19.0. The summed E-state index contributed by atoms with van der Waals surface area (Å²) in [5.41, 5.74) is 7.10. The molecule has 0 aliphatic rings. The number of halogens is 2. The fourth-order valence-corrected chi connectivity index (χ4v) is 2.62. The third kappa shape index (κ3) is 3.03. The molecule has 0 saturated heterocycles. The zero-order valence-corrected chi connectivity index (χ0v) is 14.4. The predicted molar refractivity (Wildman–Crippen MR) is 98.7 cm³/mol. The molecule has 1 amide bonds. The van der Waals surface area contributed by atoms with Crippen LogP contribution >= 0.6 is 0 Å². The Bertz CT molecular complexity index is 1020. The standard InChI is InChI=1S/C19H18F2N4O/c1-9(2)10(3)13-8-24-18-12(13)6-11(7-23-18)25-19(26)16-14(20)4-5-15(22)17(16)21/h4-9H,3,22H2,1-2H3,(H,23,24)(H,25,26). The fraction of sp³-hybridized carbons (Fsp3) is 0.158. The number of carbonyl (C=O) groups excluding carboxylic acids is 1. The van der Waals surface area contributed by atoms with E-state index in [-0.39, 0.29) is 11.6 Å². The second kappa shape index (κ2) is 6.59. The first-order valence-corrected chi connectivity index (χ1v) is 8.00. The lowest BCUT2D eigenvalue weighted by atomic mass is 9.97. The van der Waals surface area contributed by atoms with Crippen molar-refractivity contribution in [2.75, 3.05) is 11.1 Å². The van der Waals surface area contributed by atoms with Crippen molar-refractivity contribution in [3.05, 3.63) is 59.9 Å². The Balaban J connectivity index is 1.97. The minimum atomic E-state index is -1.09. The minimum absolute atomic E-state index is 0.225. The first-order chi connectivity index (χ1) is 12.3. The minimum Gasteiger partial charge on any atom is -0.396 e. The normalized spacial score (nSPS) is 11.1.